The van der Waals surface area contributed by atoms with E-state index >= 15 is 0 Å². The summed E-state index contributed by atoms with van der Waals surface area (Å²) in [5, 5.41) is 1.28. The van der Waals surface area contributed by atoms with E-state index in [-0.39, 0.29) is 17.6 Å². The minimum absolute atomic E-state index is 0.154. The number of aromatic amines is 1. The van der Waals surface area contributed by atoms with Gasteiger partial charge in [-0.15, -0.1) is 0 Å². The number of H-pyrrole nitrogens is 1. The van der Waals surface area contributed by atoms with Crippen molar-refractivity contribution in [2.24, 2.45) is 5.92 Å². The highest BCUT2D eigenvalue weighted by Gasteiger charge is 2.42. The normalized spacial score (nSPS) is 23.5. The quantitative estimate of drug-likeness (QED) is 0.420. The molecular weight excluding hydrogens is 382 g/mol. The molecule has 0 saturated carbocycles. The molecule has 0 amide bonds. The molecule has 0 bridgehead atoms. The van der Waals surface area contributed by atoms with Gasteiger partial charge < -0.3 is 9.40 Å². The van der Waals surface area contributed by atoms with Crippen molar-refractivity contribution < 1.29 is 9.21 Å². The van der Waals surface area contributed by atoms with E-state index in [9.17, 15) is 4.79 Å². The van der Waals surface area contributed by atoms with E-state index in [4.69, 9.17) is 4.42 Å². The molecule has 0 unspecified atom stereocenters. The van der Waals surface area contributed by atoms with Crippen LogP contribution >= 0.6 is 0 Å². The molecular formula is C28H25NO2. The zero-order chi connectivity index (χ0) is 20.8. The maximum atomic E-state index is 12.5. The van der Waals surface area contributed by atoms with Crippen LogP contribution < -0.4 is 0 Å². The lowest BCUT2D eigenvalue weighted by Crippen LogP contribution is -2.31. The van der Waals surface area contributed by atoms with E-state index in [1.165, 1.54) is 38.9 Å². The van der Waals surface area contributed by atoms with E-state index in [0.717, 1.165) is 19.3 Å². The second-order valence-corrected chi connectivity index (χ2v) is 8.88. The number of ketones is 1. The Labute approximate surface area is 181 Å². The minimum Gasteiger partial charge on any atom is -0.472 e. The van der Waals surface area contributed by atoms with E-state index in [1.54, 1.807) is 6.26 Å². The summed E-state index contributed by atoms with van der Waals surface area (Å²) >= 11 is 0. The van der Waals surface area contributed by atoms with E-state index < -0.39 is 0 Å². The molecule has 154 valence electrons. The van der Waals surface area contributed by atoms with Crippen LogP contribution in [0.4, 0.5) is 0 Å². The summed E-state index contributed by atoms with van der Waals surface area (Å²) in [6.45, 7) is 0. The van der Waals surface area contributed by atoms with Crippen molar-refractivity contribution in [2.75, 3.05) is 0 Å². The number of aromatic nitrogens is 1. The minimum atomic E-state index is 0.154. The molecule has 2 aliphatic carbocycles. The third-order valence-corrected chi connectivity index (χ3v) is 7.15. The molecule has 3 heteroatoms. The summed E-state index contributed by atoms with van der Waals surface area (Å²) in [6.07, 6.45) is 9.17. The number of hydrogen-bond acceptors (Lipinski definition) is 2. The number of nitrogens with one attached hydrogen (secondary N) is 1. The van der Waals surface area contributed by atoms with Crippen molar-refractivity contribution in [1.29, 1.82) is 0 Å². The highest BCUT2D eigenvalue weighted by atomic mass is 16.3. The number of hydrogen-bond donors (Lipinski definition) is 1. The molecule has 0 spiro atoms. The fourth-order valence-electron chi connectivity index (χ4n) is 5.90. The zero-order valence-corrected chi connectivity index (χ0v) is 17.4. The van der Waals surface area contributed by atoms with Crippen LogP contribution in [-0.4, -0.2) is 10.8 Å². The summed E-state index contributed by atoms with van der Waals surface area (Å²) in [5.74, 6) is 0.958. The fourth-order valence-corrected chi connectivity index (χ4v) is 5.90. The lowest BCUT2D eigenvalue weighted by atomic mass is 9.62. The van der Waals surface area contributed by atoms with E-state index in [2.05, 4.69) is 65.6 Å². The molecule has 2 aromatic heterocycles. The Hall–Kier alpha value is -3.33. The summed E-state index contributed by atoms with van der Waals surface area (Å²) in [7, 11) is 0. The fraction of sp³-hybridized carbons (Fsp3) is 0.250. The smallest absolute Gasteiger partial charge is 0.155 e. The molecule has 4 aromatic rings. The molecule has 6 rings (SSSR count). The van der Waals surface area contributed by atoms with Gasteiger partial charge in [0.2, 0.25) is 0 Å². The summed E-state index contributed by atoms with van der Waals surface area (Å²) in [4.78, 5) is 16.2. The van der Waals surface area contributed by atoms with Gasteiger partial charge in [-0.1, -0.05) is 54.1 Å². The van der Waals surface area contributed by atoms with Gasteiger partial charge in [0.1, 0.15) is 0 Å². The number of carbonyl (C=O) groups is 1. The first kappa shape index (κ1) is 18.4. The van der Waals surface area contributed by atoms with Crippen LogP contribution in [-0.2, 0) is 11.2 Å². The number of rotatable bonds is 3. The third kappa shape index (κ3) is 3.07. The van der Waals surface area contributed by atoms with Gasteiger partial charge >= 0.3 is 0 Å². The van der Waals surface area contributed by atoms with Gasteiger partial charge in [0, 0.05) is 28.9 Å². The molecule has 2 aromatic carbocycles. The van der Waals surface area contributed by atoms with Crippen molar-refractivity contribution in [2.45, 2.75) is 37.5 Å². The molecule has 0 aliphatic heterocycles. The molecule has 2 aliphatic rings. The average Bonchev–Trinajstić information content (AvgIpc) is 3.46. The number of para-hydroxylation sites is 1. The first-order valence-corrected chi connectivity index (χ1v) is 11.2. The maximum absolute atomic E-state index is 12.5. The molecule has 31 heavy (non-hydrogen) atoms. The second kappa shape index (κ2) is 7.42. The average molecular weight is 408 g/mol. The number of carbonyl (C=O) groups excluding carboxylic acids is 1. The van der Waals surface area contributed by atoms with E-state index in [0.29, 0.717) is 12.3 Å². The van der Waals surface area contributed by atoms with E-state index in [1.807, 2.05) is 12.3 Å². The van der Waals surface area contributed by atoms with Crippen LogP contribution in [0, 0.1) is 5.92 Å². The van der Waals surface area contributed by atoms with Gasteiger partial charge in [-0.05, 0) is 66.0 Å². The van der Waals surface area contributed by atoms with Gasteiger partial charge in [0.25, 0.3) is 0 Å². The zero-order valence-electron chi connectivity index (χ0n) is 17.4. The topological polar surface area (TPSA) is 46.0 Å². The van der Waals surface area contributed by atoms with Gasteiger partial charge in [-0.3, -0.25) is 4.79 Å². The van der Waals surface area contributed by atoms with Crippen molar-refractivity contribution in [3.63, 3.8) is 0 Å². The number of allylic oxidation sites excluding steroid dienone is 2. The first-order chi connectivity index (χ1) is 15.3. The Bertz CT molecular complexity index is 1260. The molecule has 0 radical (unpaired) electrons. The number of furan rings is 1. The molecule has 3 nitrogen and oxygen atoms in total. The molecule has 0 saturated heterocycles. The predicted octanol–water partition coefficient (Wildman–Crippen LogP) is 6.53. The first-order valence-electron chi connectivity index (χ1n) is 11.2. The number of benzene rings is 2. The van der Waals surface area contributed by atoms with Crippen molar-refractivity contribution in [3.05, 3.63) is 107 Å². The summed E-state index contributed by atoms with van der Waals surface area (Å²) < 4.78 is 5.57. The largest absolute Gasteiger partial charge is 0.472 e. The Balaban J connectivity index is 1.62. The Morgan fingerprint density at radius 3 is 2.55 bits per heavy atom. The molecule has 0 fully saturated rings. The monoisotopic (exact) mass is 407 g/mol. The SMILES string of the molecule is O=C1C=C([C@H]2[C@H](c3ccoc3)c3c([nH]c4ccccc34)C[C@H]2c2ccccc2)CCC1. The highest BCUT2D eigenvalue weighted by molar-refractivity contribution is 5.91. The lowest BCUT2D eigenvalue weighted by Gasteiger charge is -2.41. The van der Waals surface area contributed by atoms with Crippen LogP contribution in [0.15, 0.2) is 89.3 Å². The Morgan fingerprint density at radius 2 is 1.74 bits per heavy atom. The maximum Gasteiger partial charge on any atom is 0.155 e. The van der Waals surface area contributed by atoms with Gasteiger partial charge in [0.15, 0.2) is 5.78 Å². The van der Waals surface area contributed by atoms with Crippen LogP contribution in [0.2, 0.25) is 0 Å². The molecule has 1 N–H and O–H groups in total. The third-order valence-electron chi connectivity index (χ3n) is 7.15. The summed E-state index contributed by atoms with van der Waals surface area (Å²) in [5.41, 5.74) is 7.68. The number of fused-ring (bicyclic) bond motifs is 3. The molecule has 3 atom stereocenters. The van der Waals surface area contributed by atoms with Gasteiger partial charge in [0.05, 0.1) is 12.5 Å². The predicted molar refractivity (Wildman–Crippen MR) is 122 cm³/mol. The second-order valence-electron chi connectivity index (χ2n) is 8.88. The van der Waals surface area contributed by atoms with Crippen molar-refractivity contribution in [3.8, 4) is 0 Å². The van der Waals surface area contributed by atoms with Crippen molar-refractivity contribution in [1.82, 2.24) is 4.98 Å². The van der Waals surface area contributed by atoms with Crippen LogP contribution in [0.25, 0.3) is 10.9 Å². The Kier molecular flexibility index (Phi) is 4.41. The van der Waals surface area contributed by atoms with Crippen LogP contribution in [0.5, 0.6) is 0 Å². The van der Waals surface area contributed by atoms with Crippen LogP contribution in [0.1, 0.15) is 53.5 Å². The summed E-state index contributed by atoms with van der Waals surface area (Å²) in [6, 6.07) is 21.5. The Morgan fingerprint density at radius 1 is 0.903 bits per heavy atom. The van der Waals surface area contributed by atoms with Crippen molar-refractivity contribution >= 4 is 16.7 Å². The van der Waals surface area contributed by atoms with Gasteiger partial charge in [-0.25, -0.2) is 0 Å². The lowest BCUT2D eigenvalue weighted by molar-refractivity contribution is -0.115. The highest BCUT2D eigenvalue weighted by Crippen LogP contribution is 2.53. The van der Waals surface area contributed by atoms with Gasteiger partial charge in [-0.2, -0.15) is 0 Å². The van der Waals surface area contributed by atoms with Crippen LogP contribution in [0.3, 0.4) is 0 Å². The standard InChI is InChI=1S/C28H25NO2/c30-21-10-6-9-19(15-21)26-23(18-7-2-1-3-8-18)16-25-28(27(26)20-13-14-31-17-20)22-11-4-5-12-24(22)29-25/h1-5,7-8,11-15,17,23,26-27,29H,6,9-10,16H2/t23-,26+,27-/m0/s1. The molecule has 2 heterocycles.